The van der Waals surface area contributed by atoms with E-state index in [1.165, 1.54) is 30.2 Å². The highest BCUT2D eigenvalue weighted by molar-refractivity contribution is 6.46. The van der Waals surface area contributed by atoms with Crippen molar-refractivity contribution in [3.05, 3.63) is 74.8 Å². The molecular formula is C26H30N2O7. The van der Waals surface area contributed by atoms with E-state index >= 15 is 0 Å². The lowest BCUT2D eigenvalue weighted by Crippen LogP contribution is -2.31. The van der Waals surface area contributed by atoms with E-state index in [1.807, 2.05) is 6.92 Å². The molecule has 3 rings (SSSR count). The van der Waals surface area contributed by atoms with Gasteiger partial charge in [0.05, 0.1) is 23.1 Å². The molecule has 1 aliphatic rings. The Morgan fingerprint density at radius 1 is 1.14 bits per heavy atom. The van der Waals surface area contributed by atoms with Gasteiger partial charge in [0.15, 0.2) is 0 Å². The Bertz CT molecular complexity index is 1140. The zero-order chi connectivity index (χ0) is 25.5. The number of hydrogen-bond acceptors (Lipinski definition) is 7. The summed E-state index contributed by atoms with van der Waals surface area (Å²) in [6.45, 7) is 5.02. The number of carbonyl (C=O) groups excluding carboxylic acids is 2. The van der Waals surface area contributed by atoms with Crippen LogP contribution in [0.5, 0.6) is 5.75 Å². The Labute approximate surface area is 204 Å². The van der Waals surface area contributed by atoms with Crippen LogP contribution in [-0.2, 0) is 14.3 Å². The molecule has 0 radical (unpaired) electrons. The number of nitro benzene ring substituents is 1. The number of ether oxygens (including phenoxy) is 2. The van der Waals surface area contributed by atoms with Gasteiger partial charge in [-0.2, -0.15) is 0 Å². The van der Waals surface area contributed by atoms with Crippen LogP contribution in [0.2, 0.25) is 0 Å². The molecule has 35 heavy (non-hydrogen) atoms. The Morgan fingerprint density at radius 3 is 2.57 bits per heavy atom. The molecule has 186 valence electrons. The second-order valence-corrected chi connectivity index (χ2v) is 8.37. The molecule has 0 aliphatic carbocycles. The standard InChI is InChI=1S/C26H30N2O7/c1-4-5-14-35-21-11-10-19(15-17(21)2)24(29)22-23(18-8-6-9-20(16-18)28(32)33)27(12-7-13-34-3)26(31)25(22)30/h6,8-11,15-16,23,29H,4-5,7,12-14H2,1-3H3/t23-/m1/s1. The van der Waals surface area contributed by atoms with E-state index in [-0.39, 0.29) is 23.6 Å². The zero-order valence-corrected chi connectivity index (χ0v) is 20.2. The summed E-state index contributed by atoms with van der Waals surface area (Å²) in [6.07, 6.45) is 2.37. The van der Waals surface area contributed by atoms with Crippen molar-refractivity contribution >= 4 is 23.1 Å². The number of aliphatic hydroxyl groups excluding tert-OH is 1. The van der Waals surface area contributed by atoms with Crippen LogP contribution in [0, 0.1) is 17.0 Å². The predicted molar refractivity (Wildman–Crippen MR) is 130 cm³/mol. The van der Waals surface area contributed by atoms with Gasteiger partial charge in [-0.1, -0.05) is 25.5 Å². The number of ketones is 1. The number of hydrogen-bond donors (Lipinski definition) is 1. The number of rotatable bonds is 11. The number of nitro groups is 1. The van der Waals surface area contributed by atoms with Crippen LogP contribution in [0.3, 0.4) is 0 Å². The number of aliphatic hydroxyl groups is 1. The third kappa shape index (κ3) is 5.68. The summed E-state index contributed by atoms with van der Waals surface area (Å²) in [5.74, 6) is -1.27. The van der Waals surface area contributed by atoms with Crippen LogP contribution in [0.1, 0.15) is 48.9 Å². The van der Waals surface area contributed by atoms with Gasteiger partial charge in [0, 0.05) is 38.0 Å². The zero-order valence-electron chi connectivity index (χ0n) is 20.2. The fourth-order valence-corrected chi connectivity index (χ4v) is 4.09. The van der Waals surface area contributed by atoms with Crippen molar-refractivity contribution in [1.29, 1.82) is 0 Å². The number of nitrogens with zero attached hydrogens (tertiary/aromatic N) is 2. The van der Waals surface area contributed by atoms with Gasteiger partial charge in [0.1, 0.15) is 11.5 Å². The predicted octanol–water partition coefficient (Wildman–Crippen LogP) is 4.54. The number of aryl methyl sites for hydroxylation is 1. The Kier molecular flexibility index (Phi) is 8.59. The van der Waals surface area contributed by atoms with Gasteiger partial charge in [-0.25, -0.2) is 0 Å². The van der Waals surface area contributed by atoms with Gasteiger partial charge < -0.3 is 19.5 Å². The highest BCUT2D eigenvalue weighted by Crippen LogP contribution is 2.40. The molecule has 1 heterocycles. The lowest BCUT2D eigenvalue weighted by molar-refractivity contribution is -0.384. The van der Waals surface area contributed by atoms with Gasteiger partial charge in [-0.05, 0) is 49.1 Å². The van der Waals surface area contributed by atoms with Crippen molar-refractivity contribution in [2.24, 2.45) is 0 Å². The van der Waals surface area contributed by atoms with E-state index in [0.717, 1.165) is 18.4 Å². The monoisotopic (exact) mass is 482 g/mol. The molecule has 0 unspecified atom stereocenters. The van der Waals surface area contributed by atoms with Crippen molar-refractivity contribution in [2.45, 2.75) is 39.2 Å². The summed E-state index contributed by atoms with van der Waals surface area (Å²) in [6, 6.07) is 9.84. The number of methoxy groups -OCH3 is 1. The van der Waals surface area contributed by atoms with Gasteiger partial charge >= 0.3 is 0 Å². The van der Waals surface area contributed by atoms with Crippen LogP contribution in [0.15, 0.2) is 48.0 Å². The van der Waals surface area contributed by atoms with Gasteiger partial charge in [0.2, 0.25) is 0 Å². The first-order valence-electron chi connectivity index (χ1n) is 11.6. The summed E-state index contributed by atoms with van der Waals surface area (Å²) < 4.78 is 10.8. The van der Waals surface area contributed by atoms with Crippen LogP contribution in [-0.4, -0.2) is 53.5 Å². The summed E-state index contributed by atoms with van der Waals surface area (Å²) in [4.78, 5) is 38.2. The van der Waals surface area contributed by atoms with Crippen molar-refractivity contribution in [3.8, 4) is 5.75 Å². The third-order valence-corrected chi connectivity index (χ3v) is 5.89. The van der Waals surface area contributed by atoms with Crippen LogP contribution < -0.4 is 4.74 Å². The van der Waals surface area contributed by atoms with E-state index in [0.29, 0.717) is 36.5 Å². The SMILES string of the molecule is CCCCOc1ccc(C(O)=C2C(=O)C(=O)N(CCCOC)[C@@H]2c2cccc([N+](=O)[O-])c2)cc1C. The number of benzene rings is 2. The van der Waals surface area contributed by atoms with E-state index < -0.39 is 22.7 Å². The molecule has 0 saturated carbocycles. The average molecular weight is 483 g/mol. The van der Waals surface area contributed by atoms with Crippen LogP contribution >= 0.6 is 0 Å². The van der Waals surface area contributed by atoms with Gasteiger partial charge in [0.25, 0.3) is 17.4 Å². The summed E-state index contributed by atoms with van der Waals surface area (Å²) in [7, 11) is 1.53. The molecule has 9 heteroatoms. The molecule has 1 N–H and O–H groups in total. The lowest BCUT2D eigenvalue weighted by atomic mass is 9.94. The van der Waals surface area contributed by atoms with Crippen molar-refractivity contribution < 1.29 is 29.1 Å². The van der Waals surface area contributed by atoms with E-state index in [4.69, 9.17) is 9.47 Å². The molecule has 9 nitrogen and oxygen atoms in total. The minimum atomic E-state index is -0.965. The molecule has 0 spiro atoms. The van der Waals surface area contributed by atoms with Crippen LogP contribution in [0.4, 0.5) is 5.69 Å². The Morgan fingerprint density at radius 2 is 1.91 bits per heavy atom. The van der Waals surface area contributed by atoms with Gasteiger partial charge in [-0.15, -0.1) is 0 Å². The molecule has 2 aromatic carbocycles. The fraction of sp³-hybridized carbons (Fsp3) is 0.385. The fourth-order valence-electron chi connectivity index (χ4n) is 4.09. The van der Waals surface area contributed by atoms with Gasteiger partial charge in [-0.3, -0.25) is 19.7 Å². The molecule has 1 atom stereocenters. The maximum atomic E-state index is 13.1. The first-order valence-corrected chi connectivity index (χ1v) is 11.6. The topological polar surface area (TPSA) is 119 Å². The quantitative estimate of drug-likeness (QED) is 0.125. The second-order valence-electron chi connectivity index (χ2n) is 8.37. The minimum Gasteiger partial charge on any atom is -0.507 e. The number of unbranched alkanes of at least 4 members (excludes halogenated alkanes) is 1. The second kappa shape index (κ2) is 11.6. The molecule has 1 fully saturated rings. The molecule has 1 aliphatic heterocycles. The van der Waals surface area contributed by atoms with Crippen molar-refractivity contribution in [1.82, 2.24) is 4.90 Å². The van der Waals surface area contributed by atoms with E-state index in [9.17, 15) is 24.8 Å². The molecule has 2 aromatic rings. The first-order chi connectivity index (χ1) is 16.8. The summed E-state index contributed by atoms with van der Waals surface area (Å²) in [5.41, 5.74) is 1.22. The van der Waals surface area contributed by atoms with Crippen LogP contribution in [0.25, 0.3) is 5.76 Å². The van der Waals surface area contributed by atoms with E-state index in [2.05, 4.69) is 6.92 Å². The first kappa shape index (κ1) is 25.9. The summed E-state index contributed by atoms with van der Waals surface area (Å²) >= 11 is 0. The highest BCUT2D eigenvalue weighted by atomic mass is 16.6. The normalized spacial score (nSPS) is 17.1. The minimum absolute atomic E-state index is 0.105. The average Bonchev–Trinajstić information content (AvgIpc) is 3.10. The molecule has 1 amide bonds. The Balaban J connectivity index is 2.08. The maximum absolute atomic E-state index is 13.1. The third-order valence-electron chi connectivity index (χ3n) is 5.89. The number of non-ortho nitro benzene ring substituents is 1. The number of carbonyl (C=O) groups is 2. The summed E-state index contributed by atoms with van der Waals surface area (Å²) in [5, 5.41) is 22.6. The molecule has 0 bridgehead atoms. The maximum Gasteiger partial charge on any atom is 0.295 e. The largest absolute Gasteiger partial charge is 0.507 e. The molecule has 0 aromatic heterocycles. The van der Waals surface area contributed by atoms with Crippen molar-refractivity contribution in [2.75, 3.05) is 26.9 Å². The number of amides is 1. The lowest BCUT2D eigenvalue weighted by Gasteiger charge is -2.25. The number of Topliss-reactive ketones (excluding diaryl/α,β-unsaturated/α-hetero) is 1. The smallest absolute Gasteiger partial charge is 0.295 e. The van der Waals surface area contributed by atoms with E-state index in [1.54, 1.807) is 24.3 Å². The number of likely N-dealkylation sites (tertiary alicyclic amines) is 1. The highest BCUT2D eigenvalue weighted by Gasteiger charge is 2.46. The Hall–Kier alpha value is -3.72. The molecule has 1 saturated heterocycles. The molecular weight excluding hydrogens is 452 g/mol. The van der Waals surface area contributed by atoms with Crippen molar-refractivity contribution in [3.63, 3.8) is 0 Å².